The Bertz CT molecular complexity index is 1470. The van der Waals surface area contributed by atoms with Gasteiger partial charge >= 0.3 is 6.36 Å². The van der Waals surface area contributed by atoms with E-state index in [4.69, 9.17) is 0 Å². The molecule has 2 aromatic heterocycles. The quantitative estimate of drug-likeness (QED) is 0.462. The predicted molar refractivity (Wildman–Crippen MR) is 119 cm³/mol. The van der Waals surface area contributed by atoms with Crippen LogP contribution in [0.25, 0.3) is 16.7 Å². The largest absolute Gasteiger partial charge is 0.522 e. The number of pyridine rings is 2. The Morgan fingerprint density at radius 1 is 1.21 bits per heavy atom. The van der Waals surface area contributed by atoms with Crippen LogP contribution in [-0.4, -0.2) is 58.1 Å². The van der Waals surface area contributed by atoms with Crippen LogP contribution in [0.1, 0.15) is 23.7 Å². The fraction of sp³-hybridized carbons (Fsp3) is 0.304. The number of rotatable bonds is 6. The molecule has 0 spiro atoms. The van der Waals surface area contributed by atoms with Gasteiger partial charge in [-0.1, -0.05) is 0 Å². The van der Waals surface area contributed by atoms with Crippen molar-refractivity contribution in [2.45, 2.75) is 31.9 Å². The van der Waals surface area contributed by atoms with Crippen LogP contribution in [-0.2, 0) is 9.53 Å². The molecule has 1 saturated heterocycles. The summed E-state index contributed by atoms with van der Waals surface area (Å²) in [6.07, 6.45) is -5.47. The summed E-state index contributed by atoms with van der Waals surface area (Å²) in [5.74, 6) is -5.88. The average molecular weight is 544 g/mol. The van der Waals surface area contributed by atoms with E-state index < -0.39 is 76.7 Å². The Balaban J connectivity index is 1.86. The first-order valence-corrected chi connectivity index (χ1v) is 11.0. The minimum Gasteiger partial charge on any atom is -0.391 e. The SMILES string of the molecule is CC(COC(F)(F)F)NC(=O)c1cn(-c2c(F)cc(F)cc2F)c2nc(N3C[C@@H](O)CC3=O)ccc2c1=O. The van der Waals surface area contributed by atoms with E-state index in [1.54, 1.807) is 0 Å². The van der Waals surface area contributed by atoms with Gasteiger partial charge in [0.2, 0.25) is 11.3 Å². The van der Waals surface area contributed by atoms with E-state index in [1.165, 1.54) is 6.07 Å². The number of benzene rings is 1. The number of carbonyl (C=O) groups excluding carboxylic acids is 2. The Morgan fingerprint density at radius 3 is 2.45 bits per heavy atom. The highest BCUT2D eigenvalue weighted by Gasteiger charge is 2.32. The summed E-state index contributed by atoms with van der Waals surface area (Å²) >= 11 is 0. The first kappa shape index (κ1) is 27.1. The topological polar surface area (TPSA) is 114 Å². The molecule has 3 aromatic rings. The highest BCUT2D eigenvalue weighted by atomic mass is 19.4. The molecule has 2 atom stereocenters. The van der Waals surface area contributed by atoms with Crippen LogP contribution < -0.4 is 15.6 Å². The molecule has 0 bridgehead atoms. The first-order chi connectivity index (χ1) is 17.7. The van der Waals surface area contributed by atoms with Gasteiger partial charge in [0, 0.05) is 18.3 Å². The molecule has 38 heavy (non-hydrogen) atoms. The van der Waals surface area contributed by atoms with Crippen LogP contribution in [0.5, 0.6) is 0 Å². The third kappa shape index (κ3) is 5.47. The molecule has 1 aliphatic rings. The molecule has 0 radical (unpaired) electrons. The standard InChI is InChI=1S/C23H18F6N4O5/c1-10(9-38-23(27,28)29)30-22(37)14-8-33(19-15(25)4-11(24)5-16(19)26)21-13(20(14)36)2-3-17(31-21)32-7-12(34)6-18(32)35/h2-5,8,10,12,34H,6-7,9H2,1H3,(H,30,37)/t10?,12-/m0/s1. The lowest BCUT2D eigenvalue weighted by molar-refractivity contribution is -0.325. The maximum atomic E-state index is 14.8. The van der Waals surface area contributed by atoms with Crippen molar-refractivity contribution < 1.29 is 45.8 Å². The summed E-state index contributed by atoms with van der Waals surface area (Å²) in [6.45, 7) is 0.0376. The number of carbonyl (C=O) groups is 2. The first-order valence-electron chi connectivity index (χ1n) is 11.0. The van der Waals surface area contributed by atoms with Gasteiger partial charge in [0.1, 0.15) is 22.9 Å². The third-order valence-electron chi connectivity index (χ3n) is 5.56. The Morgan fingerprint density at radius 2 is 1.87 bits per heavy atom. The summed E-state index contributed by atoms with van der Waals surface area (Å²) in [5, 5.41) is 11.6. The molecule has 0 saturated carbocycles. The molecule has 2 N–H and O–H groups in total. The van der Waals surface area contributed by atoms with Gasteiger partial charge in [-0.25, -0.2) is 18.2 Å². The molecule has 1 fully saturated rings. The minimum atomic E-state index is -4.97. The van der Waals surface area contributed by atoms with E-state index in [-0.39, 0.29) is 24.2 Å². The number of hydrogen-bond donors (Lipinski definition) is 2. The highest BCUT2D eigenvalue weighted by Crippen LogP contribution is 2.26. The zero-order valence-electron chi connectivity index (χ0n) is 19.4. The Kier molecular flexibility index (Phi) is 7.16. The summed E-state index contributed by atoms with van der Waals surface area (Å²) < 4.78 is 84.4. The van der Waals surface area contributed by atoms with Crippen molar-refractivity contribution >= 4 is 28.7 Å². The summed E-state index contributed by atoms with van der Waals surface area (Å²) in [5.41, 5.74) is -3.05. The lowest BCUT2D eigenvalue weighted by atomic mass is 10.1. The zero-order chi connectivity index (χ0) is 27.9. The highest BCUT2D eigenvalue weighted by molar-refractivity contribution is 5.99. The molecule has 202 valence electrons. The smallest absolute Gasteiger partial charge is 0.391 e. The van der Waals surface area contributed by atoms with E-state index >= 15 is 0 Å². The molecule has 2 amide bonds. The summed E-state index contributed by atoms with van der Waals surface area (Å²) in [6, 6.07) is 1.80. The van der Waals surface area contributed by atoms with Crippen molar-refractivity contribution in [1.29, 1.82) is 0 Å². The van der Waals surface area contributed by atoms with Gasteiger partial charge in [-0.2, -0.15) is 0 Å². The fourth-order valence-corrected chi connectivity index (χ4v) is 3.91. The number of aliphatic hydroxyl groups is 1. The molecule has 1 unspecified atom stereocenters. The monoisotopic (exact) mass is 544 g/mol. The van der Waals surface area contributed by atoms with E-state index in [1.807, 2.05) is 0 Å². The van der Waals surface area contributed by atoms with Gasteiger partial charge in [-0.3, -0.25) is 28.6 Å². The van der Waals surface area contributed by atoms with Crippen LogP contribution in [0.3, 0.4) is 0 Å². The number of anilines is 1. The number of halogens is 6. The second-order valence-electron chi connectivity index (χ2n) is 8.49. The van der Waals surface area contributed by atoms with Gasteiger partial charge in [0.15, 0.2) is 17.3 Å². The molecule has 1 aliphatic heterocycles. The zero-order valence-corrected chi connectivity index (χ0v) is 19.4. The number of β-amino-alcohol motifs (C(OH)–C–C–N with tert-alkyl or cyclic N) is 1. The van der Waals surface area contributed by atoms with Crippen LogP contribution in [0.15, 0.2) is 35.3 Å². The third-order valence-corrected chi connectivity index (χ3v) is 5.56. The van der Waals surface area contributed by atoms with Gasteiger partial charge in [0.05, 0.1) is 37.1 Å². The van der Waals surface area contributed by atoms with Crippen molar-refractivity contribution in [3.8, 4) is 5.69 Å². The van der Waals surface area contributed by atoms with Crippen LogP contribution in [0.4, 0.5) is 32.2 Å². The number of nitrogens with zero attached hydrogens (tertiary/aromatic N) is 3. The summed E-state index contributed by atoms with van der Waals surface area (Å²) in [7, 11) is 0. The van der Waals surface area contributed by atoms with Gasteiger partial charge in [0.25, 0.3) is 5.91 Å². The van der Waals surface area contributed by atoms with Crippen molar-refractivity contribution in [2.75, 3.05) is 18.1 Å². The summed E-state index contributed by atoms with van der Waals surface area (Å²) in [4.78, 5) is 43.4. The Hall–Kier alpha value is -3.98. The van der Waals surface area contributed by atoms with E-state index in [0.717, 1.165) is 17.9 Å². The van der Waals surface area contributed by atoms with E-state index in [0.29, 0.717) is 22.9 Å². The number of hydrogen-bond acceptors (Lipinski definition) is 6. The van der Waals surface area contributed by atoms with Gasteiger partial charge < -0.3 is 10.4 Å². The molecule has 0 aliphatic carbocycles. The second kappa shape index (κ2) is 10.1. The number of amides is 2. The molecule has 4 rings (SSSR count). The van der Waals surface area contributed by atoms with E-state index in [2.05, 4.69) is 15.0 Å². The fourth-order valence-electron chi connectivity index (χ4n) is 3.91. The molecule has 1 aromatic carbocycles. The number of alkyl halides is 3. The van der Waals surface area contributed by atoms with Crippen LogP contribution in [0, 0.1) is 17.5 Å². The predicted octanol–water partition coefficient (Wildman–Crippen LogP) is 2.56. The van der Waals surface area contributed by atoms with Gasteiger partial charge in [-0.15, -0.1) is 13.2 Å². The Labute approximate surface area is 209 Å². The number of ether oxygens (including phenoxy) is 1. The van der Waals surface area contributed by atoms with Crippen molar-refractivity contribution in [3.63, 3.8) is 0 Å². The normalized spacial score (nSPS) is 16.8. The lowest BCUT2D eigenvalue weighted by Crippen LogP contribution is -2.39. The number of nitrogens with one attached hydrogen (secondary N) is 1. The minimum absolute atomic E-state index is 0.0785. The number of aromatic nitrogens is 2. The molecule has 15 heteroatoms. The van der Waals surface area contributed by atoms with E-state index in [9.17, 15) is 45.8 Å². The maximum absolute atomic E-state index is 14.8. The van der Waals surface area contributed by atoms with Gasteiger partial charge in [-0.05, 0) is 19.1 Å². The average Bonchev–Trinajstić information content (AvgIpc) is 3.15. The number of aliphatic hydroxyl groups excluding tert-OH is 1. The molecule has 3 heterocycles. The second-order valence-corrected chi connectivity index (χ2v) is 8.49. The van der Waals surface area contributed by atoms with Crippen LogP contribution in [0.2, 0.25) is 0 Å². The van der Waals surface area contributed by atoms with Crippen LogP contribution >= 0.6 is 0 Å². The van der Waals surface area contributed by atoms with Crippen molar-refractivity contribution in [1.82, 2.24) is 14.9 Å². The molecular formula is C23H18F6N4O5. The maximum Gasteiger partial charge on any atom is 0.522 e. The lowest BCUT2D eigenvalue weighted by Gasteiger charge is -2.19. The molecular weight excluding hydrogens is 526 g/mol. The van der Waals surface area contributed by atoms with Crippen molar-refractivity contribution in [2.24, 2.45) is 0 Å². The molecule has 9 nitrogen and oxygen atoms in total. The van der Waals surface area contributed by atoms with Crippen molar-refractivity contribution in [3.05, 3.63) is 63.7 Å². The number of fused-ring (bicyclic) bond motifs is 1.